The van der Waals surface area contributed by atoms with E-state index < -0.39 is 0 Å². The van der Waals surface area contributed by atoms with Gasteiger partial charge in [0.1, 0.15) is 11.8 Å². The molecule has 42 heavy (non-hydrogen) atoms. The molecule has 5 aromatic carbocycles. The third-order valence-corrected chi connectivity index (χ3v) is 9.13. The first-order valence-electron chi connectivity index (χ1n) is 13.6. The van der Waals surface area contributed by atoms with Gasteiger partial charge in [-0.3, -0.25) is 0 Å². The molecule has 0 unspecified atom stereocenters. The van der Waals surface area contributed by atoms with E-state index in [-0.39, 0.29) is 0 Å². The summed E-state index contributed by atoms with van der Waals surface area (Å²) in [6.45, 7) is 8.17. The zero-order valence-electron chi connectivity index (χ0n) is 22.2. The fourth-order valence-electron chi connectivity index (χ4n) is 6.03. The number of aromatic nitrogens is 2. The molecule has 0 radical (unpaired) electrons. The summed E-state index contributed by atoms with van der Waals surface area (Å²) < 4.78 is 4.73. The first-order chi connectivity index (χ1) is 20.7. The topological polar surface area (TPSA) is 46.0 Å². The average molecular weight is 553 g/mol. The number of nitriles is 1. The number of hydrogen-bond donors (Lipinski definition) is 0. The number of fused-ring (bicyclic) bond motifs is 7. The number of pyridine rings is 1. The van der Waals surface area contributed by atoms with Crippen molar-refractivity contribution in [1.29, 1.82) is 5.26 Å². The third-order valence-electron chi connectivity index (χ3n) is 7.93. The lowest BCUT2D eigenvalue weighted by Crippen LogP contribution is -1.96. The fourth-order valence-corrected chi connectivity index (χ4v) is 7.29. The van der Waals surface area contributed by atoms with Crippen molar-refractivity contribution in [2.24, 2.45) is 0 Å². The smallest absolute Gasteiger partial charge is 0.211 e. The van der Waals surface area contributed by atoms with Crippen molar-refractivity contribution in [1.82, 2.24) is 9.55 Å². The lowest BCUT2D eigenvalue weighted by Gasteiger charge is -2.13. The molecule has 0 bridgehead atoms. The van der Waals surface area contributed by atoms with E-state index in [1.807, 2.05) is 72.0 Å². The Hall–Kier alpha value is -5.75. The van der Waals surface area contributed by atoms with E-state index in [1.165, 1.54) is 25.6 Å². The molecule has 0 spiro atoms. The van der Waals surface area contributed by atoms with Crippen LogP contribution >= 0.6 is 11.3 Å². The molecule has 0 aliphatic heterocycles. The molecule has 0 amide bonds. The Kier molecular flexibility index (Phi) is 5.40. The maximum atomic E-state index is 9.87. The summed E-state index contributed by atoms with van der Waals surface area (Å²) in [6.07, 6.45) is 1.73. The van der Waals surface area contributed by atoms with Crippen LogP contribution in [0.1, 0.15) is 5.69 Å². The van der Waals surface area contributed by atoms with Crippen LogP contribution in [-0.2, 0) is 0 Å². The number of hydrogen-bond acceptors (Lipinski definition) is 3. The Labute approximate surface area is 245 Å². The monoisotopic (exact) mass is 552 g/mol. The Balaban J connectivity index is 1.37. The summed E-state index contributed by atoms with van der Waals surface area (Å²) in [5, 5.41) is 14.8. The number of benzene rings is 5. The van der Waals surface area contributed by atoms with Gasteiger partial charge >= 0.3 is 0 Å². The highest BCUT2D eigenvalue weighted by Crippen LogP contribution is 2.44. The van der Waals surface area contributed by atoms with Gasteiger partial charge in [0.15, 0.2) is 0 Å². The van der Waals surface area contributed by atoms with Gasteiger partial charge in [-0.2, -0.15) is 5.26 Å². The predicted octanol–water partition coefficient (Wildman–Crippen LogP) is 10.3. The van der Waals surface area contributed by atoms with Crippen molar-refractivity contribution in [2.75, 3.05) is 0 Å². The highest BCUT2D eigenvalue weighted by molar-refractivity contribution is 7.26. The fraction of sp³-hybridized carbons (Fsp3) is 0. The molecule has 8 aromatic rings. The SMILES string of the molecule is [C-]#[N+]c1cc(-c2cc(-c3ccccc3)cnc2C#N)ccc1-n1c2ccccc2c2c3sc4ccccc4c3ccc21. The zero-order valence-corrected chi connectivity index (χ0v) is 23.1. The Morgan fingerprint density at radius 2 is 1.50 bits per heavy atom. The van der Waals surface area contributed by atoms with Crippen LogP contribution in [0.2, 0.25) is 0 Å². The van der Waals surface area contributed by atoms with E-state index >= 15 is 0 Å². The summed E-state index contributed by atoms with van der Waals surface area (Å²) in [7, 11) is 0. The minimum Gasteiger partial charge on any atom is -0.319 e. The molecule has 4 nitrogen and oxygen atoms in total. The molecular formula is C37H20N4S. The Morgan fingerprint density at radius 1 is 0.714 bits per heavy atom. The van der Waals surface area contributed by atoms with Crippen molar-refractivity contribution < 1.29 is 0 Å². The van der Waals surface area contributed by atoms with Crippen LogP contribution in [0.5, 0.6) is 0 Å². The average Bonchev–Trinajstić information content (AvgIpc) is 3.60. The van der Waals surface area contributed by atoms with Crippen molar-refractivity contribution >= 4 is 59.0 Å². The maximum absolute atomic E-state index is 9.87. The van der Waals surface area contributed by atoms with E-state index in [1.54, 1.807) is 6.20 Å². The second kappa shape index (κ2) is 9.42. The summed E-state index contributed by atoms with van der Waals surface area (Å²) in [5.74, 6) is 0. The van der Waals surface area contributed by atoms with Crippen molar-refractivity contribution in [3.05, 3.63) is 139 Å². The van der Waals surface area contributed by atoms with Crippen LogP contribution in [0, 0.1) is 17.9 Å². The van der Waals surface area contributed by atoms with Crippen LogP contribution in [0.3, 0.4) is 0 Å². The second-order valence-electron chi connectivity index (χ2n) is 10.2. The van der Waals surface area contributed by atoms with E-state index in [4.69, 9.17) is 6.57 Å². The van der Waals surface area contributed by atoms with Crippen LogP contribution in [0.15, 0.2) is 121 Å². The number of rotatable bonds is 3. The van der Waals surface area contributed by atoms with Crippen LogP contribution < -0.4 is 0 Å². The van der Waals surface area contributed by atoms with Crippen LogP contribution in [0.25, 0.3) is 74.8 Å². The van der Waals surface area contributed by atoms with Crippen molar-refractivity contribution in [3.8, 4) is 34.0 Å². The van der Waals surface area contributed by atoms with Crippen molar-refractivity contribution in [3.63, 3.8) is 0 Å². The molecule has 3 heterocycles. The Morgan fingerprint density at radius 3 is 2.33 bits per heavy atom. The standard InChI is InChI=1S/C37H20N4S/c1-39-30-20-24(29-19-25(22-40-31(29)21-38)23-9-3-2-4-10-23)15-17-33(30)41-32-13-7-5-12-28(32)36-34(41)18-16-27-26-11-6-8-14-35(26)42-37(27)36/h2-20,22H. The molecule has 194 valence electrons. The van der Waals surface area contributed by atoms with Gasteiger partial charge in [0, 0.05) is 48.3 Å². The largest absolute Gasteiger partial charge is 0.319 e. The van der Waals surface area contributed by atoms with Gasteiger partial charge in [-0.05, 0) is 47.5 Å². The second-order valence-corrected chi connectivity index (χ2v) is 11.3. The zero-order chi connectivity index (χ0) is 28.2. The normalized spacial score (nSPS) is 11.3. The van der Waals surface area contributed by atoms with Gasteiger partial charge in [0.05, 0.1) is 23.3 Å². The lowest BCUT2D eigenvalue weighted by molar-refractivity contribution is 1.19. The molecule has 8 rings (SSSR count). The summed E-state index contributed by atoms with van der Waals surface area (Å²) >= 11 is 1.82. The maximum Gasteiger partial charge on any atom is 0.211 e. The van der Waals surface area contributed by atoms with E-state index in [2.05, 4.69) is 75.1 Å². The molecule has 3 aromatic heterocycles. The summed E-state index contributed by atoms with van der Waals surface area (Å²) in [5.41, 5.74) is 7.24. The van der Waals surface area contributed by atoms with Gasteiger partial charge < -0.3 is 4.57 Å². The van der Waals surface area contributed by atoms with Gasteiger partial charge in [-0.25, -0.2) is 9.83 Å². The molecule has 0 N–H and O–H groups in total. The highest BCUT2D eigenvalue weighted by atomic mass is 32.1. The van der Waals surface area contributed by atoms with Crippen molar-refractivity contribution in [2.45, 2.75) is 0 Å². The molecule has 5 heteroatoms. The Bertz CT molecular complexity index is 2440. The molecule has 0 saturated carbocycles. The predicted molar refractivity (Wildman–Crippen MR) is 173 cm³/mol. The number of para-hydroxylation sites is 1. The first kappa shape index (κ1) is 24.1. The van der Waals surface area contributed by atoms with E-state index in [0.29, 0.717) is 16.9 Å². The van der Waals surface area contributed by atoms with E-state index in [0.717, 1.165) is 38.8 Å². The minimum atomic E-state index is 0.336. The molecule has 0 saturated heterocycles. The van der Waals surface area contributed by atoms with Gasteiger partial charge in [-0.1, -0.05) is 78.9 Å². The number of thiophene rings is 1. The summed E-state index contributed by atoms with van der Waals surface area (Å²) in [4.78, 5) is 8.45. The van der Waals surface area contributed by atoms with Crippen LogP contribution in [-0.4, -0.2) is 9.55 Å². The summed E-state index contributed by atoms with van der Waals surface area (Å²) in [6, 6.07) is 41.4. The molecule has 0 aliphatic carbocycles. The minimum absolute atomic E-state index is 0.336. The number of nitrogens with zero attached hydrogens (tertiary/aromatic N) is 4. The van der Waals surface area contributed by atoms with Gasteiger partial charge in [0.2, 0.25) is 5.69 Å². The molecule has 0 fully saturated rings. The third kappa shape index (κ3) is 3.55. The lowest BCUT2D eigenvalue weighted by atomic mass is 9.98. The highest BCUT2D eigenvalue weighted by Gasteiger charge is 2.20. The van der Waals surface area contributed by atoms with Gasteiger partial charge in [0.25, 0.3) is 0 Å². The molecular weight excluding hydrogens is 533 g/mol. The molecule has 0 aliphatic rings. The quantitative estimate of drug-likeness (QED) is 0.205. The van der Waals surface area contributed by atoms with E-state index in [9.17, 15) is 5.26 Å². The first-order valence-corrected chi connectivity index (χ1v) is 14.4. The molecule has 0 atom stereocenters. The van der Waals surface area contributed by atoms with Crippen LogP contribution in [0.4, 0.5) is 5.69 Å². The van der Waals surface area contributed by atoms with Gasteiger partial charge in [-0.15, -0.1) is 11.3 Å².